The first kappa shape index (κ1) is 22.9. The van der Waals surface area contributed by atoms with Crippen LogP contribution in [0.2, 0.25) is 0 Å². The van der Waals surface area contributed by atoms with Crippen molar-refractivity contribution in [1.29, 1.82) is 0 Å². The molecule has 0 saturated carbocycles. The minimum atomic E-state index is -0.686. The lowest BCUT2D eigenvalue weighted by molar-refractivity contribution is -0.140. The number of benzene rings is 2. The van der Waals surface area contributed by atoms with Gasteiger partial charge in [0.25, 0.3) is 0 Å². The lowest BCUT2D eigenvalue weighted by atomic mass is 10.1. The van der Waals surface area contributed by atoms with E-state index in [9.17, 15) is 14.0 Å². The zero-order valence-electron chi connectivity index (χ0n) is 17.4. The third kappa shape index (κ3) is 7.20. The maximum atomic E-state index is 14.2. The normalized spacial score (nSPS) is 11.9. The summed E-state index contributed by atoms with van der Waals surface area (Å²) < 4.78 is 14.2. The topological polar surface area (TPSA) is 49.4 Å². The summed E-state index contributed by atoms with van der Waals surface area (Å²) in [6, 6.07) is 13.8. The number of hydrogen-bond donors (Lipinski definition) is 1. The molecule has 6 heteroatoms. The molecule has 2 amide bonds. The zero-order valence-corrected chi connectivity index (χ0v) is 18.3. The van der Waals surface area contributed by atoms with Gasteiger partial charge in [-0.3, -0.25) is 9.59 Å². The van der Waals surface area contributed by atoms with Crippen molar-refractivity contribution in [3.63, 3.8) is 0 Å². The highest BCUT2D eigenvalue weighted by Crippen LogP contribution is 2.21. The Morgan fingerprint density at radius 3 is 2.34 bits per heavy atom. The van der Waals surface area contributed by atoms with Crippen LogP contribution in [0.25, 0.3) is 0 Å². The summed E-state index contributed by atoms with van der Waals surface area (Å²) in [6.07, 6.45) is 0.270. The largest absolute Gasteiger partial charge is 0.352 e. The number of halogens is 1. The molecule has 4 nitrogen and oxygen atoms in total. The molecule has 1 N–H and O–H groups in total. The Balaban J connectivity index is 2.07. The molecule has 0 heterocycles. The number of aryl methyl sites for hydroxylation is 1. The van der Waals surface area contributed by atoms with Gasteiger partial charge >= 0.3 is 0 Å². The van der Waals surface area contributed by atoms with Gasteiger partial charge in [-0.25, -0.2) is 4.39 Å². The van der Waals surface area contributed by atoms with Crippen LogP contribution in [0.1, 0.15) is 38.3 Å². The van der Waals surface area contributed by atoms with Crippen LogP contribution in [0.3, 0.4) is 0 Å². The van der Waals surface area contributed by atoms with Crippen LogP contribution in [0.4, 0.5) is 4.39 Å². The standard InChI is InChI=1S/C23H29FN2O2S/c1-16(2)25-23(28)18(4)26(15-19-7-5-6-8-21(19)24)22(27)13-14-29-20-11-9-17(3)10-12-20/h5-12,16,18H,13-15H2,1-4H3,(H,25,28). The Labute approximate surface area is 176 Å². The van der Waals surface area contributed by atoms with E-state index in [1.54, 1.807) is 36.9 Å². The molecule has 0 radical (unpaired) electrons. The van der Waals surface area contributed by atoms with Crippen molar-refractivity contribution in [2.24, 2.45) is 0 Å². The summed E-state index contributed by atoms with van der Waals surface area (Å²) in [6.45, 7) is 7.51. The van der Waals surface area contributed by atoms with E-state index < -0.39 is 6.04 Å². The van der Waals surface area contributed by atoms with Gasteiger partial charge in [0, 0.05) is 35.2 Å². The van der Waals surface area contributed by atoms with E-state index in [2.05, 4.69) is 5.32 Å². The quantitative estimate of drug-likeness (QED) is 0.610. The maximum absolute atomic E-state index is 14.2. The number of nitrogens with zero attached hydrogens (tertiary/aromatic N) is 1. The van der Waals surface area contributed by atoms with E-state index in [1.165, 1.54) is 16.5 Å². The van der Waals surface area contributed by atoms with Gasteiger partial charge in [-0.05, 0) is 45.9 Å². The molecule has 0 bridgehead atoms. The van der Waals surface area contributed by atoms with Crippen LogP contribution in [-0.4, -0.2) is 34.6 Å². The second kappa shape index (κ2) is 11.0. The molecule has 29 heavy (non-hydrogen) atoms. The Bertz CT molecular complexity index is 824. The lowest BCUT2D eigenvalue weighted by Gasteiger charge is -2.29. The lowest BCUT2D eigenvalue weighted by Crippen LogP contribution is -2.49. The van der Waals surface area contributed by atoms with Crippen LogP contribution in [0.5, 0.6) is 0 Å². The molecule has 1 atom stereocenters. The fourth-order valence-electron chi connectivity index (χ4n) is 2.83. The molecule has 0 aromatic heterocycles. The summed E-state index contributed by atoms with van der Waals surface area (Å²) in [4.78, 5) is 28.0. The third-order valence-corrected chi connectivity index (χ3v) is 5.52. The van der Waals surface area contributed by atoms with Crippen LogP contribution < -0.4 is 5.32 Å². The van der Waals surface area contributed by atoms with Crippen molar-refractivity contribution in [2.75, 3.05) is 5.75 Å². The predicted molar refractivity (Wildman–Crippen MR) is 116 cm³/mol. The molecule has 0 aliphatic heterocycles. The third-order valence-electron chi connectivity index (χ3n) is 4.50. The number of thioether (sulfide) groups is 1. The van der Waals surface area contributed by atoms with Crippen molar-refractivity contribution >= 4 is 23.6 Å². The Hall–Kier alpha value is -2.34. The second-order valence-electron chi connectivity index (χ2n) is 7.36. The maximum Gasteiger partial charge on any atom is 0.242 e. The predicted octanol–water partition coefficient (Wildman–Crippen LogP) is 4.56. The van der Waals surface area contributed by atoms with Gasteiger partial charge < -0.3 is 10.2 Å². The van der Waals surface area contributed by atoms with E-state index in [0.29, 0.717) is 11.3 Å². The second-order valence-corrected chi connectivity index (χ2v) is 8.53. The first-order valence-electron chi connectivity index (χ1n) is 9.80. The van der Waals surface area contributed by atoms with Crippen molar-refractivity contribution in [1.82, 2.24) is 10.2 Å². The Morgan fingerprint density at radius 1 is 1.07 bits per heavy atom. The van der Waals surface area contributed by atoms with Gasteiger partial charge in [0.05, 0.1) is 0 Å². The summed E-state index contributed by atoms with van der Waals surface area (Å²) in [5.74, 6) is -0.195. The molecule has 0 saturated heterocycles. The van der Waals surface area contributed by atoms with Crippen molar-refractivity contribution in [3.05, 3.63) is 65.5 Å². The number of amides is 2. The van der Waals surface area contributed by atoms with Gasteiger partial charge in [0.15, 0.2) is 0 Å². The molecule has 2 rings (SSSR count). The minimum Gasteiger partial charge on any atom is -0.352 e. The van der Waals surface area contributed by atoms with Crippen LogP contribution in [0, 0.1) is 12.7 Å². The van der Waals surface area contributed by atoms with Gasteiger partial charge in [-0.1, -0.05) is 35.9 Å². The first-order chi connectivity index (χ1) is 13.8. The molecule has 2 aromatic rings. The van der Waals surface area contributed by atoms with Crippen molar-refractivity contribution in [2.45, 2.75) is 57.6 Å². The van der Waals surface area contributed by atoms with Gasteiger partial charge in [-0.2, -0.15) is 0 Å². The number of nitrogens with one attached hydrogen (secondary N) is 1. The van der Waals surface area contributed by atoms with E-state index in [1.807, 2.05) is 45.0 Å². The van der Waals surface area contributed by atoms with E-state index >= 15 is 0 Å². The molecule has 0 aliphatic rings. The Morgan fingerprint density at radius 2 is 1.72 bits per heavy atom. The summed E-state index contributed by atoms with van der Waals surface area (Å²) >= 11 is 1.59. The fourth-order valence-corrected chi connectivity index (χ4v) is 3.67. The van der Waals surface area contributed by atoms with Gasteiger partial charge in [0.1, 0.15) is 11.9 Å². The van der Waals surface area contributed by atoms with Crippen LogP contribution in [0.15, 0.2) is 53.4 Å². The number of carbonyl (C=O) groups excluding carboxylic acids is 2. The smallest absolute Gasteiger partial charge is 0.242 e. The van der Waals surface area contributed by atoms with Gasteiger partial charge in [-0.15, -0.1) is 11.8 Å². The molecular formula is C23H29FN2O2S. The molecule has 0 aliphatic carbocycles. The molecular weight excluding hydrogens is 387 g/mol. The molecule has 0 fully saturated rings. The van der Waals surface area contributed by atoms with Crippen LogP contribution in [-0.2, 0) is 16.1 Å². The monoisotopic (exact) mass is 416 g/mol. The molecule has 0 spiro atoms. The average Bonchev–Trinajstić information content (AvgIpc) is 2.67. The summed E-state index contributed by atoms with van der Waals surface area (Å²) in [5, 5.41) is 2.83. The zero-order chi connectivity index (χ0) is 21.4. The first-order valence-corrected chi connectivity index (χ1v) is 10.8. The molecule has 156 valence electrons. The summed E-state index contributed by atoms with van der Waals surface area (Å²) in [5.41, 5.74) is 1.59. The number of hydrogen-bond acceptors (Lipinski definition) is 3. The Kier molecular flexibility index (Phi) is 8.70. The highest BCUT2D eigenvalue weighted by atomic mass is 32.2. The van der Waals surface area contributed by atoms with E-state index in [0.717, 1.165) is 4.90 Å². The molecule has 1 unspecified atom stereocenters. The number of rotatable bonds is 9. The minimum absolute atomic E-state index is 0.0348. The average molecular weight is 417 g/mol. The van der Waals surface area contributed by atoms with Crippen LogP contribution >= 0.6 is 11.8 Å². The molecule has 2 aromatic carbocycles. The van der Waals surface area contributed by atoms with E-state index in [4.69, 9.17) is 0 Å². The van der Waals surface area contributed by atoms with Gasteiger partial charge in [0.2, 0.25) is 11.8 Å². The summed E-state index contributed by atoms with van der Waals surface area (Å²) in [7, 11) is 0. The fraction of sp³-hybridized carbons (Fsp3) is 0.391. The van der Waals surface area contributed by atoms with Crippen molar-refractivity contribution < 1.29 is 14.0 Å². The number of carbonyl (C=O) groups is 2. The highest BCUT2D eigenvalue weighted by Gasteiger charge is 2.26. The van der Waals surface area contributed by atoms with E-state index in [-0.39, 0.29) is 36.6 Å². The highest BCUT2D eigenvalue weighted by molar-refractivity contribution is 7.99. The SMILES string of the molecule is Cc1ccc(SCCC(=O)N(Cc2ccccc2F)C(C)C(=O)NC(C)C)cc1. The van der Waals surface area contributed by atoms with Crippen molar-refractivity contribution in [3.8, 4) is 0 Å².